The van der Waals surface area contributed by atoms with Crippen molar-refractivity contribution in [2.75, 3.05) is 24.6 Å². The number of hydrogen-bond donors (Lipinski definition) is 1. The molecule has 0 radical (unpaired) electrons. The summed E-state index contributed by atoms with van der Waals surface area (Å²) < 4.78 is 69.0. The van der Waals surface area contributed by atoms with Crippen LogP contribution in [0.2, 0.25) is 0 Å². The number of rotatable bonds is 8. The minimum atomic E-state index is -4.74. The van der Waals surface area contributed by atoms with Crippen LogP contribution >= 0.6 is 0 Å². The number of esters is 1. The molecule has 2 aromatic carbocycles. The van der Waals surface area contributed by atoms with Crippen molar-refractivity contribution >= 4 is 27.6 Å². The summed E-state index contributed by atoms with van der Waals surface area (Å²) in [5.41, 5.74) is -0.766. The van der Waals surface area contributed by atoms with Gasteiger partial charge in [-0.25, -0.2) is 8.42 Å². The molecule has 0 aromatic heterocycles. The van der Waals surface area contributed by atoms with Gasteiger partial charge in [0.05, 0.1) is 16.5 Å². The maximum Gasteiger partial charge on any atom is 0.416 e. The van der Waals surface area contributed by atoms with E-state index in [1.807, 2.05) is 4.72 Å². The minimum absolute atomic E-state index is 0.303. The number of ether oxygens (including phenoxy) is 1. The van der Waals surface area contributed by atoms with Gasteiger partial charge >= 0.3 is 12.1 Å². The Bertz CT molecular complexity index is 1080. The molecule has 31 heavy (non-hydrogen) atoms. The van der Waals surface area contributed by atoms with Crippen molar-refractivity contribution in [3.05, 3.63) is 60.2 Å². The van der Waals surface area contributed by atoms with Crippen molar-refractivity contribution in [1.29, 1.82) is 5.26 Å². The predicted octanol–water partition coefficient (Wildman–Crippen LogP) is 2.08. The van der Waals surface area contributed by atoms with Crippen LogP contribution in [0.1, 0.15) is 5.56 Å². The molecule has 0 atom stereocenters. The number of alkyl halides is 3. The van der Waals surface area contributed by atoms with Gasteiger partial charge in [-0.2, -0.15) is 23.2 Å². The van der Waals surface area contributed by atoms with Crippen LogP contribution < -0.4 is 9.62 Å². The Kier molecular flexibility index (Phi) is 7.73. The van der Waals surface area contributed by atoms with Crippen LogP contribution in [0.25, 0.3) is 0 Å². The van der Waals surface area contributed by atoms with Crippen molar-refractivity contribution in [3.63, 3.8) is 0 Å². The Morgan fingerprint density at radius 3 is 2.39 bits per heavy atom. The smallest absolute Gasteiger partial charge is 0.416 e. The van der Waals surface area contributed by atoms with E-state index in [9.17, 15) is 31.2 Å². The average Bonchev–Trinajstić information content (AvgIpc) is 2.74. The monoisotopic (exact) mass is 455 g/mol. The summed E-state index contributed by atoms with van der Waals surface area (Å²) in [6.07, 6.45) is -4.74. The second-order valence-electron chi connectivity index (χ2n) is 5.98. The van der Waals surface area contributed by atoms with Crippen LogP contribution in [0.3, 0.4) is 0 Å². The molecule has 8 nitrogen and oxygen atoms in total. The van der Waals surface area contributed by atoms with Gasteiger partial charge < -0.3 is 4.74 Å². The van der Waals surface area contributed by atoms with Crippen LogP contribution in [0.15, 0.2) is 59.5 Å². The first kappa shape index (κ1) is 23.8. The SMILES string of the molecule is N#CCN(C(=O)COC(=O)CNS(=O)(=O)c1cccc(C(F)(F)F)c1)c1ccccc1. The van der Waals surface area contributed by atoms with E-state index in [1.54, 1.807) is 36.4 Å². The third-order valence-electron chi connectivity index (χ3n) is 3.83. The van der Waals surface area contributed by atoms with Gasteiger partial charge in [-0.1, -0.05) is 24.3 Å². The van der Waals surface area contributed by atoms with E-state index >= 15 is 0 Å². The van der Waals surface area contributed by atoms with Crippen molar-refractivity contribution < 1.29 is 35.9 Å². The number of nitrogens with zero attached hydrogens (tertiary/aromatic N) is 2. The van der Waals surface area contributed by atoms with Crippen LogP contribution in [0.4, 0.5) is 18.9 Å². The Hall–Kier alpha value is -3.43. The van der Waals surface area contributed by atoms with Crippen molar-refractivity contribution in [1.82, 2.24) is 4.72 Å². The van der Waals surface area contributed by atoms with E-state index in [0.717, 1.165) is 17.0 Å². The first-order chi connectivity index (χ1) is 14.5. The van der Waals surface area contributed by atoms with Crippen LogP contribution in [0.5, 0.6) is 0 Å². The molecule has 0 saturated heterocycles. The minimum Gasteiger partial charge on any atom is -0.455 e. The average molecular weight is 455 g/mol. The second kappa shape index (κ2) is 10.1. The van der Waals surface area contributed by atoms with Crippen LogP contribution in [-0.4, -0.2) is 40.0 Å². The molecular weight excluding hydrogens is 439 g/mol. The summed E-state index contributed by atoms with van der Waals surface area (Å²) >= 11 is 0. The highest BCUT2D eigenvalue weighted by atomic mass is 32.2. The van der Waals surface area contributed by atoms with E-state index in [0.29, 0.717) is 17.8 Å². The third-order valence-corrected chi connectivity index (χ3v) is 5.23. The highest BCUT2D eigenvalue weighted by molar-refractivity contribution is 7.89. The summed E-state index contributed by atoms with van der Waals surface area (Å²) in [6, 6.07) is 12.9. The summed E-state index contributed by atoms with van der Waals surface area (Å²) in [6.45, 7) is -1.97. The molecule has 0 aliphatic heterocycles. The van der Waals surface area contributed by atoms with Crippen molar-refractivity contribution in [2.24, 2.45) is 0 Å². The maximum absolute atomic E-state index is 12.7. The standard InChI is InChI=1S/C19H16F3N3O5S/c20-19(21,22)14-5-4-8-16(11-14)31(28,29)24-12-18(27)30-13-17(26)25(10-9-23)15-6-2-1-3-7-15/h1-8,11,24H,10,12-13H2. The lowest BCUT2D eigenvalue weighted by Crippen LogP contribution is -2.37. The molecule has 0 fully saturated rings. The number of carbonyl (C=O) groups is 2. The van der Waals surface area contributed by atoms with Gasteiger partial charge in [0.1, 0.15) is 13.1 Å². The Morgan fingerprint density at radius 2 is 1.77 bits per heavy atom. The molecule has 0 unspecified atom stereocenters. The largest absolute Gasteiger partial charge is 0.455 e. The van der Waals surface area contributed by atoms with Crippen LogP contribution in [0, 0.1) is 11.3 Å². The quantitative estimate of drug-likeness (QED) is 0.481. The molecule has 2 rings (SSSR count). The van der Waals surface area contributed by atoms with E-state index in [-0.39, 0.29) is 6.54 Å². The zero-order valence-electron chi connectivity index (χ0n) is 15.8. The van der Waals surface area contributed by atoms with Gasteiger partial charge in [0, 0.05) is 5.69 Å². The maximum atomic E-state index is 12.7. The van der Waals surface area contributed by atoms with Gasteiger partial charge in [0.15, 0.2) is 6.61 Å². The number of halogens is 3. The molecule has 0 aliphatic carbocycles. The number of nitrogens with one attached hydrogen (secondary N) is 1. The fourth-order valence-corrected chi connectivity index (χ4v) is 3.36. The van der Waals surface area contributed by atoms with Gasteiger partial charge in [-0.15, -0.1) is 0 Å². The van der Waals surface area contributed by atoms with Gasteiger partial charge in [0.2, 0.25) is 10.0 Å². The number of benzene rings is 2. The topological polar surface area (TPSA) is 117 Å². The molecule has 1 N–H and O–H groups in total. The van der Waals surface area contributed by atoms with E-state index in [1.165, 1.54) is 0 Å². The number of amides is 1. The molecule has 164 valence electrons. The molecule has 0 heterocycles. The summed E-state index contributed by atoms with van der Waals surface area (Å²) in [5, 5.41) is 8.88. The normalized spacial score (nSPS) is 11.4. The molecule has 2 aromatic rings. The fourth-order valence-electron chi connectivity index (χ4n) is 2.35. The summed E-state index contributed by atoms with van der Waals surface area (Å²) in [5.74, 6) is -1.85. The molecule has 0 aliphatic rings. The predicted molar refractivity (Wildman–Crippen MR) is 102 cm³/mol. The fraction of sp³-hybridized carbons (Fsp3) is 0.211. The summed E-state index contributed by atoms with van der Waals surface area (Å²) in [7, 11) is -4.43. The molecule has 0 bridgehead atoms. The number of para-hydroxylation sites is 1. The lowest BCUT2D eigenvalue weighted by Gasteiger charge is -2.19. The number of hydrogen-bond acceptors (Lipinski definition) is 6. The summed E-state index contributed by atoms with van der Waals surface area (Å²) in [4.78, 5) is 24.4. The Morgan fingerprint density at radius 1 is 1.10 bits per heavy atom. The highest BCUT2D eigenvalue weighted by Crippen LogP contribution is 2.30. The molecule has 1 amide bonds. The lowest BCUT2D eigenvalue weighted by molar-refractivity contribution is -0.146. The Labute approximate surface area is 175 Å². The first-order valence-electron chi connectivity index (χ1n) is 8.59. The molecular formula is C19H16F3N3O5S. The number of nitriles is 1. The van der Waals surface area contributed by atoms with E-state index in [4.69, 9.17) is 10.00 Å². The lowest BCUT2D eigenvalue weighted by atomic mass is 10.2. The van der Waals surface area contributed by atoms with Gasteiger partial charge in [-0.05, 0) is 30.3 Å². The molecule has 0 saturated carbocycles. The second-order valence-corrected chi connectivity index (χ2v) is 7.75. The van der Waals surface area contributed by atoms with E-state index < -0.39 is 51.7 Å². The highest BCUT2D eigenvalue weighted by Gasteiger charge is 2.31. The van der Waals surface area contributed by atoms with Gasteiger partial charge in [-0.3, -0.25) is 14.5 Å². The number of anilines is 1. The van der Waals surface area contributed by atoms with E-state index in [2.05, 4.69) is 0 Å². The van der Waals surface area contributed by atoms with Crippen LogP contribution in [-0.2, 0) is 30.5 Å². The Balaban J connectivity index is 1.95. The van der Waals surface area contributed by atoms with Crippen molar-refractivity contribution in [3.8, 4) is 6.07 Å². The zero-order valence-corrected chi connectivity index (χ0v) is 16.6. The van der Waals surface area contributed by atoms with Gasteiger partial charge in [0.25, 0.3) is 5.91 Å². The first-order valence-corrected chi connectivity index (χ1v) is 10.1. The molecule has 0 spiro atoms. The van der Waals surface area contributed by atoms with Crippen molar-refractivity contribution in [2.45, 2.75) is 11.1 Å². The number of carbonyl (C=O) groups excluding carboxylic acids is 2. The molecule has 12 heteroatoms. The third kappa shape index (κ3) is 6.80. The zero-order chi connectivity index (χ0) is 23.1. The number of sulfonamides is 1.